The summed E-state index contributed by atoms with van der Waals surface area (Å²) < 4.78 is 5.27. The number of nitrogens with one attached hydrogen (secondary N) is 2. The number of benzene rings is 1. The fourth-order valence-electron chi connectivity index (χ4n) is 2.25. The van der Waals surface area contributed by atoms with Crippen molar-refractivity contribution >= 4 is 35.0 Å². The van der Waals surface area contributed by atoms with E-state index in [4.69, 9.17) is 4.74 Å². The first-order valence-corrected chi connectivity index (χ1v) is 9.29. The maximum atomic E-state index is 12.4. The van der Waals surface area contributed by atoms with Crippen LogP contribution in [-0.2, 0) is 14.3 Å². The molecular weight excluding hydrogens is 368 g/mol. The van der Waals surface area contributed by atoms with Gasteiger partial charge in [0.15, 0.2) is 5.78 Å². The first-order chi connectivity index (χ1) is 13.0. The van der Waals surface area contributed by atoms with E-state index in [0.29, 0.717) is 17.0 Å². The average Bonchev–Trinajstić information content (AvgIpc) is 3.19. The summed E-state index contributed by atoms with van der Waals surface area (Å²) in [6, 6.07) is 11.1. The Balaban J connectivity index is 2.00. The molecule has 3 amide bonds. The van der Waals surface area contributed by atoms with Gasteiger partial charge in [-0.1, -0.05) is 36.4 Å². The van der Waals surface area contributed by atoms with Crippen molar-refractivity contribution in [1.82, 2.24) is 10.6 Å². The zero-order valence-electron chi connectivity index (χ0n) is 14.8. The van der Waals surface area contributed by atoms with Gasteiger partial charge in [0.25, 0.3) is 5.91 Å². The smallest absolute Gasteiger partial charge is 0.321 e. The van der Waals surface area contributed by atoms with Crippen LogP contribution in [0.1, 0.15) is 41.1 Å². The quantitative estimate of drug-likeness (QED) is 0.535. The minimum atomic E-state index is -1.28. The lowest BCUT2D eigenvalue weighted by atomic mass is 10.1. The highest BCUT2D eigenvalue weighted by molar-refractivity contribution is 7.12. The van der Waals surface area contributed by atoms with Crippen molar-refractivity contribution in [1.29, 1.82) is 0 Å². The summed E-state index contributed by atoms with van der Waals surface area (Å²) in [7, 11) is 0. The third-order valence-electron chi connectivity index (χ3n) is 3.52. The van der Waals surface area contributed by atoms with Crippen LogP contribution >= 0.6 is 11.3 Å². The third-order valence-corrected chi connectivity index (χ3v) is 4.43. The van der Waals surface area contributed by atoms with Crippen molar-refractivity contribution in [3.8, 4) is 0 Å². The first-order valence-electron chi connectivity index (χ1n) is 8.41. The Kier molecular flexibility index (Phi) is 7.69. The van der Waals surface area contributed by atoms with Crippen LogP contribution in [0.5, 0.6) is 0 Å². The van der Waals surface area contributed by atoms with Crippen molar-refractivity contribution in [2.75, 3.05) is 6.54 Å². The minimum absolute atomic E-state index is 0.0151. The van der Waals surface area contributed by atoms with Crippen LogP contribution < -0.4 is 10.6 Å². The highest BCUT2D eigenvalue weighted by atomic mass is 32.1. The van der Waals surface area contributed by atoms with Gasteiger partial charge in [-0.2, -0.15) is 0 Å². The third kappa shape index (κ3) is 6.34. The molecule has 0 saturated carbocycles. The minimum Gasteiger partial charge on any atom is -0.447 e. The van der Waals surface area contributed by atoms with E-state index in [1.165, 1.54) is 11.3 Å². The number of amides is 3. The number of imide groups is 1. The number of rotatable bonds is 8. The van der Waals surface area contributed by atoms with Gasteiger partial charge in [-0.05, 0) is 18.4 Å². The maximum Gasteiger partial charge on any atom is 0.321 e. The lowest BCUT2D eigenvalue weighted by Gasteiger charge is -2.17. The molecule has 0 spiro atoms. The van der Waals surface area contributed by atoms with Crippen molar-refractivity contribution < 1.29 is 23.9 Å². The summed E-state index contributed by atoms with van der Waals surface area (Å²) in [5.74, 6) is -1.62. The number of esters is 1. The molecule has 0 bridgehead atoms. The number of ether oxygens (including phenoxy) is 1. The highest BCUT2D eigenvalue weighted by Gasteiger charge is 2.26. The maximum absolute atomic E-state index is 12.4. The number of thiophene rings is 1. The predicted octanol–water partition coefficient (Wildman–Crippen LogP) is 2.84. The molecule has 0 aliphatic carbocycles. The number of carbonyl (C=O) groups is 4. The Morgan fingerprint density at radius 3 is 2.41 bits per heavy atom. The Bertz CT molecular complexity index is 790. The molecule has 27 heavy (non-hydrogen) atoms. The molecule has 0 aliphatic rings. The Labute approximate surface area is 160 Å². The van der Waals surface area contributed by atoms with Gasteiger partial charge in [0.1, 0.15) is 0 Å². The van der Waals surface area contributed by atoms with E-state index in [2.05, 4.69) is 10.6 Å². The van der Waals surface area contributed by atoms with Crippen LogP contribution in [0.2, 0.25) is 0 Å². The molecule has 8 heteroatoms. The lowest BCUT2D eigenvalue weighted by molar-refractivity contribution is -0.156. The molecule has 0 radical (unpaired) electrons. The molecule has 2 aromatic rings. The molecular formula is C19H20N2O5S. The van der Waals surface area contributed by atoms with Gasteiger partial charge in [0, 0.05) is 18.5 Å². The first kappa shape index (κ1) is 20.3. The monoisotopic (exact) mass is 388 g/mol. The molecule has 7 nitrogen and oxygen atoms in total. The van der Waals surface area contributed by atoms with E-state index in [-0.39, 0.29) is 18.6 Å². The second-order valence-corrected chi connectivity index (χ2v) is 6.48. The zero-order chi connectivity index (χ0) is 19.6. The van der Waals surface area contributed by atoms with Crippen LogP contribution in [0, 0.1) is 0 Å². The van der Waals surface area contributed by atoms with Crippen molar-refractivity contribution in [3.63, 3.8) is 0 Å². The topological polar surface area (TPSA) is 102 Å². The molecule has 1 atom stereocenters. The van der Waals surface area contributed by atoms with Gasteiger partial charge in [-0.15, -0.1) is 11.3 Å². The summed E-state index contributed by atoms with van der Waals surface area (Å²) >= 11 is 1.30. The van der Waals surface area contributed by atoms with Crippen molar-refractivity contribution in [2.24, 2.45) is 0 Å². The molecule has 0 fully saturated rings. The van der Waals surface area contributed by atoms with Crippen LogP contribution in [0.3, 0.4) is 0 Å². The van der Waals surface area contributed by atoms with Crippen molar-refractivity contribution in [2.45, 2.75) is 25.9 Å². The zero-order valence-corrected chi connectivity index (χ0v) is 15.6. The van der Waals surface area contributed by atoms with E-state index >= 15 is 0 Å². The number of carbonyl (C=O) groups excluding carboxylic acids is 4. The number of ketones is 1. The summed E-state index contributed by atoms with van der Waals surface area (Å²) in [5.41, 5.74) is 0.428. The fourth-order valence-corrected chi connectivity index (χ4v) is 2.94. The van der Waals surface area contributed by atoms with E-state index in [0.717, 1.165) is 0 Å². The number of urea groups is 1. The molecule has 0 unspecified atom stereocenters. The SMILES string of the molecule is CCNC(=O)NC(=O)[C@@H](OC(=O)CCC(=O)c1cccs1)c1ccccc1. The number of Topliss-reactive ketones (excluding diaryl/α,β-unsaturated/α-hetero) is 1. The van der Waals surface area contributed by atoms with Crippen LogP contribution in [0.25, 0.3) is 0 Å². The van der Waals surface area contributed by atoms with E-state index in [1.54, 1.807) is 54.8 Å². The van der Waals surface area contributed by atoms with E-state index < -0.39 is 24.0 Å². The largest absolute Gasteiger partial charge is 0.447 e. The van der Waals surface area contributed by atoms with Gasteiger partial charge >= 0.3 is 12.0 Å². The van der Waals surface area contributed by atoms with Gasteiger partial charge in [-0.25, -0.2) is 4.79 Å². The van der Waals surface area contributed by atoms with Gasteiger partial charge < -0.3 is 10.1 Å². The van der Waals surface area contributed by atoms with E-state index in [1.807, 2.05) is 0 Å². The summed E-state index contributed by atoms with van der Waals surface area (Å²) in [6.45, 7) is 2.06. The Morgan fingerprint density at radius 2 is 1.78 bits per heavy atom. The molecule has 1 aromatic heterocycles. The molecule has 1 heterocycles. The molecule has 142 valence electrons. The summed E-state index contributed by atoms with van der Waals surface area (Å²) in [6.07, 6.45) is -1.45. The number of hydrogen-bond donors (Lipinski definition) is 2. The van der Waals surface area contributed by atoms with Gasteiger partial charge in [-0.3, -0.25) is 19.7 Å². The molecule has 2 N–H and O–H groups in total. The van der Waals surface area contributed by atoms with Crippen LogP contribution in [0.15, 0.2) is 47.8 Å². The number of hydrogen-bond acceptors (Lipinski definition) is 6. The van der Waals surface area contributed by atoms with Gasteiger partial charge in [0.2, 0.25) is 6.10 Å². The Hall–Kier alpha value is -3.00. The predicted molar refractivity (Wildman–Crippen MR) is 100 cm³/mol. The Morgan fingerprint density at radius 1 is 1.04 bits per heavy atom. The average molecular weight is 388 g/mol. The standard InChI is InChI=1S/C19H20N2O5S/c1-2-20-19(25)21-18(24)17(13-7-4-3-5-8-13)26-16(23)11-10-14(22)15-9-6-12-27-15/h3-9,12,17H,2,10-11H2,1H3,(H2,20,21,24,25)/t17-/m0/s1. The normalized spacial score (nSPS) is 11.3. The molecule has 0 aliphatic heterocycles. The summed E-state index contributed by atoms with van der Waals surface area (Å²) in [5, 5.41) is 6.36. The van der Waals surface area contributed by atoms with E-state index in [9.17, 15) is 19.2 Å². The highest BCUT2D eigenvalue weighted by Crippen LogP contribution is 2.19. The molecule has 2 rings (SSSR count). The second-order valence-electron chi connectivity index (χ2n) is 5.53. The molecule has 0 saturated heterocycles. The van der Waals surface area contributed by atoms with Crippen LogP contribution in [0.4, 0.5) is 4.79 Å². The molecule has 1 aromatic carbocycles. The van der Waals surface area contributed by atoms with Crippen LogP contribution in [-0.4, -0.2) is 30.2 Å². The lowest BCUT2D eigenvalue weighted by Crippen LogP contribution is -2.42. The van der Waals surface area contributed by atoms with Crippen molar-refractivity contribution in [3.05, 3.63) is 58.3 Å². The van der Waals surface area contributed by atoms with Gasteiger partial charge in [0.05, 0.1) is 11.3 Å². The fraction of sp³-hybridized carbons (Fsp3) is 0.263. The summed E-state index contributed by atoms with van der Waals surface area (Å²) in [4.78, 5) is 48.7. The second kappa shape index (κ2) is 10.2.